The minimum Gasteiger partial charge on any atom is -0.390 e. The molecule has 4 aliphatic carbocycles. The lowest BCUT2D eigenvalue weighted by molar-refractivity contribution is -0.184. The van der Waals surface area contributed by atoms with Crippen molar-refractivity contribution in [2.45, 2.75) is 51.3 Å². The average Bonchev–Trinajstić information content (AvgIpc) is 2.86. The van der Waals surface area contributed by atoms with E-state index < -0.39 is 17.2 Å². The van der Waals surface area contributed by atoms with Crippen molar-refractivity contribution in [1.82, 2.24) is 0 Å². The number of fused-ring (bicyclic) bond motifs is 5. The van der Waals surface area contributed by atoms with Gasteiger partial charge in [0.2, 0.25) is 0 Å². The van der Waals surface area contributed by atoms with Gasteiger partial charge in [0.15, 0.2) is 11.5 Å². The molecule has 0 unspecified atom stereocenters. The second kappa shape index (κ2) is 5.07. The maximum Gasteiger partial charge on any atom is 0.178 e. The summed E-state index contributed by atoms with van der Waals surface area (Å²) in [5.74, 6) is -0.00299. The molecule has 0 radical (unpaired) electrons. The number of rotatable bonds is 1. The first-order valence-corrected chi connectivity index (χ1v) is 10.1. The maximum absolute atomic E-state index is 16.6. The minimum atomic E-state index is -1.69. The minimum absolute atomic E-state index is 0.0631. The Morgan fingerprint density at radius 3 is 2.79 bits per heavy atom. The highest BCUT2D eigenvalue weighted by atomic mass is 32.2. The number of hydrogen-bond donors (Lipinski definition) is 1. The number of aliphatic hydroxyl groups excluding tert-OH is 1. The Morgan fingerprint density at radius 2 is 2.08 bits per heavy atom. The van der Waals surface area contributed by atoms with Crippen LogP contribution in [0.4, 0.5) is 4.39 Å². The van der Waals surface area contributed by atoms with E-state index in [4.69, 9.17) is 0 Å². The molecule has 2 nitrogen and oxygen atoms in total. The molecular weight excluding hydrogens is 323 g/mol. The van der Waals surface area contributed by atoms with E-state index in [1.165, 1.54) is 11.0 Å². The van der Waals surface area contributed by atoms with Crippen LogP contribution in [-0.4, -0.2) is 28.9 Å². The fourth-order valence-corrected chi connectivity index (χ4v) is 7.03. The van der Waals surface area contributed by atoms with E-state index in [-0.39, 0.29) is 23.0 Å². The monoisotopic (exact) mass is 348 g/mol. The van der Waals surface area contributed by atoms with Crippen molar-refractivity contribution >= 4 is 17.5 Å². The lowest BCUT2D eigenvalue weighted by Crippen LogP contribution is -2.66. The van der Waals surface area contributed by atoms with Crippen LogP contribution >= 0.6 is 11.8 Å². The van der Waals surface area contributed by atoms with Crippen LogP contribution in [0.3, 0.4) is 0 Å². The molecule has 0 aromatic heterocycles. The first-order valence-electron chi connectivity index (χ1n) is 8.83. The molecule has 6 atom stereocenters. The van der Waals surface area contributed by atoms with E-state index >= 15 is 4.39 Å². The molecular formula is C20H25FO2S. The summed E-state index contributed by atoms with van der Waals surface area (Å²) in [5, 5.41) is 11.0. The Morgan fingerprint density at radius 1 is 1.33 bits per heavy atom. The van der Waals surface area contributed by atoms with Crippen LogP contribution in [-0.2, 0) is 4.79 Å². The third-order valence-electron chi connectivity index (χ3n) is 7.37. The van der Waals surface area contributed by atoms with Gasteiger partial charge in [-0.15, -0.1) is 11.8 Å². The van der Waals surface area contributed by atoms with Gasteiger partial charge in [0.25, 0.3) is 0 Å². The summed E-state index contributed by atoms with van der Waals surface area (Å²) < 4.78 is 16.6. The molecule has 2 fully saturated rings. The summed E-state index contributed by atoms with van der Waals surface area (Å²) in [5.41, 5.74) is -1.83. The molecule has 0 aromatic rings. The van der Waals surface area contributed by atoms with Crippen molar-refractivity contribution in [3.05, 3.63) is 34.8 Å². The summed E-state index contributed by atoms with van der Waals surface area (Å²) in [4.78, 5) is 13.1. The fourth-order valence-electron chi connectivity index (χ4n) is 6.06. The lowest BCUT2D eigenvalue weighted by atomic mass is 9.46. The predicted molar refractivity (Wildman–Crippen MR) is 95.3 cm³/mol. The molecule has 0 aromatic carbocycles. The van der Waals surface area contributed by atoms with Crippen LogP contribution in [0.1, 0.15) is 39.5 Å². The maximum atomic E-state index is 16.6. The molecule has 0 amide bonds. The second-order valence-electron chi connectivity index (χ2n) is 8.27. The van der Waals surface area contributed by atoms with Crippen molar-refractivity contribution in [3.63, 3.8) is 0 Å². The van der Waals surface area contributed by atoms with Crippen molar-refractivity contribution in [2.75, 3.05) is 6.26 Å². The van der Waals surface area contributed by atoms with Crippen LogP contribution in [0.25, 0.3) is 0 Å². The van der Waals surface area contributed by atoms with Crippen molar-refractivity contribution in [2.24, 2.45) is 22.7 Å². The Bertz CT molecular complexity index is 696. The first-order chi connectivity index (χ1) is 11.3. The first kappa shape index (κ1) is 16.6. The topological polar surface area (TPSA) is 37.3 Å². The molecule has 0 spiro atoms. The van der Waals surface area contributed by atoms with Gasteiger partial charge < -0.3 is 5.11 Å². The van der Waals surface area contributed by atoms with Gasteiger partial charge in [-0.05, 0) is 61.8 Å². The Balaban J connectivity index is 1.81. The van der Waals surface area contributed by atoms with Crippen LogP contribution in [0.15, 0.2) is 34.8 Å². The molecule has 24 heavy (non-hydrogen) atoms. The number of thioether (sulfide) groups is 1. The van der Waals surface area contributed by atoms with E-state index in [0.717, 1.165) is 18.4 Å². The second-order valence-corrected chi connectivity index (χ2v) is 9.12. The van der Waals surface area contributed by atoms with Crippen LogP contribution in [0.5, 0.6) is 0 Å². The summed E-state index contributed by atoms with van der Waals surface area (Å²) in [6, 6.07) is 0. The zero-order valence-electron chi connectivity index (χ0n) is 14.5. The Kier molecular flexibility index (Phi) is 3.51. The summed E-state index contributed by atoms with van der Waals surface area (Å²) in [6.07, 6.45) is 10.9. The van der Waals surface area contributed by atoms with E-state index in [1.807, 2.05) is 6.92 Å². The van der Waals surface area contributed by atoms with Crippen molar-refractivity contribution in [1.29, 1.82) is 0 Å². The molecule has 0 aliphatic heterocycles. The highest BCUT2D eigenvalue weighted by Gasteiger charge is 2.69. The van der Waals surface area contributed by atoms with Crippen LogP contribution in [0.2, 0.25) is 0 Å². The number of carbonyl (C=O) groups excluding carboxylic acids is 1. The fraction of sp³-hybridized carbons (Fsp3) is 0.650. The van der Waals surface area contributed by atoms with E-state index in [9.17, 15) is 9.90 Å². The van der Waals surface area contributed by atoms with E-state index in [2.05, 4.69) is 19.3 Å². The van der Waals surface area contributed by atoms with E-state index in [1.54, 1.807) is 23.9 Å². The normalized spacial score (nSPS) is 49.9. The molecule has 4 rings (SSSR count). The number of alkyl halides is 1. The number of halogens is 1. The standard InChI is InChI=1S/C20H25FO2S/c1-18-11-16(23)20(21)15(14(18)6-7-17(18)24-3)5-4-12-10-13(22)8-9-19(12,20)2/h7-10,14-16,23H,4-6,11H2,1-3H3/t14-,15-,16-,18-,19-,20-/m0/s1. The molecule has 4 heteroatoms. The summed E-state index contributed by atoms with van der Waals surface area (Å²) in [7, 11) is 0. The predicted octanol–water partition coefficient (Wildman–Crippen LogP) is 4.21. The quantitative estimate of drug-likeness (QED) is 0.771. The highest BCUT2D eigenvalue weighted by Crippen LogP contribution is 2.68. The van der Waals surface area contributed by atoms with Crippen LogP contribution in [0, 0.1) is 22.7 Å². The molecule has 2 saturated carbocycles. The third-order valence-corrected chi connectivity index (χ3v) is 8.44. The molecule has 1 N–H and O–H groups in total. The number of carbonyl (C=O) groups is 1. The number of allylic oxidation sites excluding steroid dienone is 6. The van der Waals surface area contributed by atoms with Crippen LogP contribution < -0.4 is 0 Å². The van der Waals surface area contributed by atoms with Crippen molar-refractivity contribution < 1.29 is 14.3 Å². The molecule has 4 aliphatic rings. The van der Waals surface area contributed by atoms with Gasteiger partial charge in [0.05, 0.1) is 6.10 Å². The van der Waals surface area contributed by atoms with E-state index in [0.29, 0.717) is 12.8 Å². The zero-order valence-corrected chi connectivity index (χ0v) is 15.3. The number of aliphatic hydroxyl groups is 1. The van der Waals surface area contributed by atoms with Gasteiger partial charge in [-0.1, -0.05) is 24.6 Å². The average molecular weight is 348 g/mol. The smallest absolute Gasteiger partial charge is 0.178 e. The number of ketones is 1. The molecule has 130 valence electrons. The lowest BCUT2D eigenvalue weighted by Gasteiger charge is -2.61. The Hall–Kier alpha value is -0.870. The largest absolute Gasteiger partial charge is 0.390 e. The summed E-state index contributed by atoms with van der Waals surface area (Å²) >= 11 is 1.74. The molecule has 0 heterocycles. The summed E-state index contributed by atoms with van der Waals surface area (Å²) in [6.45, 7) is 4.07. The van der Waals surface area contributed by atoms with Gasteiger partial charge in [-0.3, -0.25) is 4.79 Å². The number of hydrogen-bond acceptors (Lipinski definition) is 3. The van der Waals surface area contributed by atoms with Gasteiger partial charge in [-0.2, -0.15) is 0 Å². The van der Waals surface area contributed by atoms with Gasteiger partial charge in [-0.25, -0.2) is 4.39 Å². The SMILES string of the molecule is CSC1=CC[C@H]2[C@@H]3CCC4=CC(=O)C=C[C@]4(C)[C@@]3(F)[C@@H](O)C[C@]12C. The third kappa shape index (κ3) is 1.79. The van der Waals surface area contributed by atoms with Gasteiger partial charge >= 0.3 is 0 Å². The van der Waals surface area contributed by atoms with Gasteiger partial charge in [0, 0.05) is 16.7 Å². The molecule has 0 bridgehead atoms. The molecule has 0 saturated heterocycles. The van der Waals surface area contributed by atoms with Gasteiger partial charge in [0.1, 0.15) is 0 Å². The highest BCUT2D eigenvalue weighted by molar-refractivity contribution is 8.02. The zero-order chi connectivity index (χ0) is 17.3. The van der Waals surface area contributed by atoms with Crippen molar-refractivity contribution in [3.8, 4) is 0 Å². The Labute approximate surface area is 147 Å².